The minimum absolute atomic E-state index is 0.481. The van der Waals surface area contributed by atoms with Gasteiger partial charge in [0.05, 0.1) is 18.8 Å². The molecule has 2 aromatic rings. The molecule has 0 bridgehead atoms. The van der Waals surface area contributed by atoms with Crippen molar-refractivity contribution in [2.24, 2.45) is 0 Å². The quantitative estimate of drug-likeness (QED) is 0.839. The molecule has 1 aliphatic rings. The monoisotopic (exact) mass is 355 g/mol. The molecule has 138 valence electrons. The first kappa shape index (κ1) is 18.1. The zero-order chi connectivity index (χ0) is 18.9. The molecular weight excluding hydrogens is 330 g/mol. The summed E-state index contributed by atoms with van der Waals surface area (Å²) in [7, 11) is 0. The number of amides is 1. The van der Waals surface area contributed by atoms with Gasteiger partial charge in [0.25, 0.3) is 0 Å². The summed E-state index contributed by atoms with van der Waals surface area (Å²) in [6.07, 6.45) is -0.422. The fraction of sp³-hybridized carbons (Fsp3) is 0.381. The third-order valence-corrected chi connectivity index (χ3v) is 4.90. The summed E-state index contributed by atoms with van der Waals surface area (Å²) in [5.41, 5.74) is 4.55. The van der Waals surface area contributed by atoms with Crippen LogP contribution in [-0.2, 0) is 5.54 Å². The van der Waals surface area contributed by atoms with Crippen molar-refractivity contribution in [1.82, 2.24) is 5.32 Å². The number of fused-ring (bicyclic) bond motifs is 1. The molecule has 1 amide bonds. The average Bonchev–Trinajstić information content (AvgIpc) is 2.57. The van der Waals surface area contributed by atoms with Gasteiger partial charge < -0.3 is 19.9 Å². The maximum Gasteiger partial charge on any atom is 0.405 e. The fourth-order valence-electron chi connectivity index (χ4n) is 3.63. The van der Waals surface area contributed by atoms with Gasteiger partial charge in [-0.25, -0.2) is 4.79 Å². The standard InChI is InChI=1S/C21H25NO4/c1-5-25-19-13(2)10-16(11-14(19)3)15-6-7-17-18(12-15)26-9-8-21(17,4)22-20(23)24/h6-7,10-12,22H,5,8-9H2,1-4H3,(H,23,24). The average molecular weight is 355 g/mol. The largest absolute Gasteiger partial charge is 0.493 e. The Bertz CT molecular complexity index is 823. The summed E-state index contributed by atoms with van der Waals surface area (Å²) in [6.45, 7) is 9.09. The molecule has 0 radical (unpaired) electrons. The highest BCUT2D eigenvalue weighted by Crippen LogP contribution is 2.40. The minimum atomic E-state index is -1.03. The third-order valence-electron chi connectivity index (χ3n) is 4.90. The van der Waals surface area contributed by atoms with E-state index in [-0.39, 0.29) is 0 Å². The van der Waals surface area contributed by atoms with Gasteiger partial charge in [-0.05, 0) is 68.1 Å². The van der Waals surface area contributed by atoms with Crippen LogP contribution in [0.2, 0.25) is 0 Å². The lowest BCUT2D eigenvalue weighted by atomic mass is 9.85. The molecule has 0 aliphatic carbocycles. The van der Waals surface area contributed by atoms with Crippen molar-refractivity contribution in [2.45, 2.75) is 39.7 Å². The van der Waals surface area contributed by atoms with Gasteiger partial charge in [-0.15, -0.1) is 0 Å². The number of benzene rings is 2. The fourth-order valence-corrected chi connectivity index (χ4v) is 3.63. The predicted octanol–water partition coefficient (Wildman–Crippen LogP) is 4.63. The van der Waals surface area contributed by atoms with Crippen molar-refractivity contribution in [3.8, 4) is 22.6 Å². The summed E-state index contributed by atoms with van der Waals surface area (Å²) >= 11 is 0. The summed E-state index contributed by atoms with van der Waals surface area (Å²) in [5, 5.41) is 11.8. The molecule has 0 aromatic heterocycles. The SMILES string of the molecule is CCOc1c(C)cc(-c2ccc3c(c2)OCCC3(C)NC(=O)O)cc1C. The molecule has 26 heavy (non-hydrogen) atoms. The first-order valence-electron chi connectivity index (χ1n) is 8.87. The van der Waals surface area contributed by atoms with E-state index in [9.17, 15) is 4.79 Å². The van der Waals surface area contributed by atoms with Crippen LogP contribution in [0, 0.1) is 13.8 Å². The van der Waals surface area contributed by atoms with Crippen molar-refractivity contribution >= 4 is 6.09 Å². The molecule has 5 nitrogen and oxygen atoms in total. The molecule has 1 unspecified atom stereocenters. The van der Waals surface area contributed by atoms with Gasteiger partial charge in [-0.3, -0.25) is 0 Å². The van der Waals surface area contributed by atoms with Crippen LogP contribution in [0.5, 0.6) is 11.5 Å². The maximum absolute atomic E-state index is 11.2. The molecule has 1 atom stereocenters. The summed E-state index contributed by atoms with van der Waals surface area (Å²) in [5.74, 6) is 1.66. The van der Waals surface area contributed by atoms with Crippen LogP contribution in [0.1, 0.15) is 37.0 Å². The molecule has 3 rings (SSSR count). The number of rotatable bonds is 4. The lowest BCUT2D eigenvalue weighted by molar-refractivity contribution is 0.158. The Balaban J connectivity index is 2.01. The zero-order valence-corrected chi connectivity index (χ0v) is 15.7. The Morgan fingerprint density at radius 1 is 1.23 bits per heavy atom. The Morgan fingerprint density at radius 2 is 1.92 bits per heavy atom. The number of ether oxygens (including phenoxy) is 2. The van der Waals surface area contributed by atoms with E-state index in [0.29, 0.717) is 19.6 Å². The van der Waals surface area contributed by atoms with E-state index >= 15 is 0 Å². The minimum Gasteiger partial charge on any atom is -0.493 e. The van der Waals surface area contributed by atoms with E-state index in [1.807, 2.05) is 45.9 Å². The van der Waals surface area contributed by atoms with Gasteiger partial charge in [-0.2, -0.15) is 0 Å². The molecule has 1 aliphatic heterocycles. The Morgan fingerprint density at radius 3 is 2.54 bits per heavy atom. The molecule has 2 N–H and O–H groups in total. The van der Waals surface area contributed by atoms with Crippen LogP contribution in [0.15, 0.2) is 30.3 Å². The van der Waals surface area contributed by atoms with E-state index in [1.165, 1.54) is 0 Å². The van der Waals surface area contributed by atoms with E-state index in [4.69, 9.17) is 14.6 Å². The van der Waals surface area contributed by atoms with Crippen molar-refractivity contribution in [3.05, 3.63) is 47.0 Å². The topological polar surface area (TPSA) is 67.8 Å². The highest BCUT2D eigenvalue weighted by molar-refractivity contribution is 5.71. The first-order valence-corrected chi connectivity index (χ1v) is 8.87. The van der Waals surface area contributed by atoms with Crippen molar-refractivity contribution in [3.63, 3.8) is 0 Å². The van der Waals surface area contributed by atoms with E-state index in [0.717, 1.165) is 39.3 Å². The lowest BCUT2D eigenvalue weighted by Gasteiger charge is -2.35. The molecule has 0 saturated heterocycles. The summed E-state index contributed by atoms with van der Waals surface area (Å²) < 4.78 is 11.6. The van der Waals surface area contributed by atoms with Crippen LogP contribution >= 0.6 is 0 Å². The van der Waals surface area contributed by atoms with Crippen LogP contribution in [0.4, 0.5) is 4.79 Å². The Labute approximate surface area is 153 Å². The van der Waals surface area contributed by atoms with Gasteiger partial charge in [0, 0.05) is 12.0 Å². The van der Waals surface area contributed by atoms with Crippen LogP contribution in [0.25, 0.3) is 11.1 Å². The summed E-state index contributed by atoms with van der Waals surface area (Å²) in [6, 6.07) is 10.2. The molecule has 5 heteroatoms. The van der Waals surface area contributed by atoms with Crippen LogP contribution in [-0.4, -0.2) is 24.4 Å². The van der Waals surface area contributed by atoms with Crippen molar-refractivity contribution in [1.29, 1.82) is 0 Å². The van der Waals surface area contributed by atoms with Gasteiger partial charge in [0.15, 0.2) is 0 Å². The van der Waals surface area contributed by atoms with Crippen molar-refractivity contribution in [2.75, 3.05) is 13.2 Å². The Hall–Kier alpha value is -2.69. The first-order chi connectivity index (χ1) is 12.3. The van der Waals surface area contributed by atoms with Crippen LogP contribution in [0.3, 0.4) is 0 Å². The molecule has 1 heterocycles. The van der Waals surface area contributed by atoms with E-state index in [2.05, 4.69) is 17.4 Å². The molecule has 0 fully saturated rings. The van der Waals surface area contributed by atoms with Gasteiger partial charge in [0.2, 0.25) is 0 Å². The number of hydrogen-bond acceptors (Lipinski definition) is 3. The number of nitrogens with one attached hydrogen (secondary N) is 1. The number of carboxylic acid groups (broad SMARTS) is 1. The highest BCUT2D eigenvalue weighted by Gasteiger charge is 2.35. The van der Waals surface area contributed by atoms with Gasteiger partial charge in [-0.1, -0.05) is 12.1 Å². The smallest absolute Gasteiger partial charge is 0.405 e. The van der Waals surface area contributed by atoms with E-state index in [1.54, 1.807) is 0 Å². The lowest BCUT2D eigenvalue weighted by Crippen LogP contribution is -2.46. The molecular formula is C21H25NO4. The highest BCUT2D eigenvalue weighted by atomic mass is 16.5. The molecule has 0 spiro atoms. The number of hydrogen-bond donors (Lipinski definition) is 2. The maximum atomic E-state index is 11.2. The zero-order valence-electron chi connectivity index (χ0n) is 15.7. The second-order valence-corrected chi connectivity index (χ2v) is 6.94. The number of aryl methyl sites for hydroxylation is 2. The van der Waals surface area contributed by atoms with Gasteiger partial charge >= 0.3 is 6.09 Å². The molecule has 0 saturated carbocycles. The normalized spacial score (nSPS) is 18.6. The second kappa shape index (κ2) is 6.90. The van der Waals surface area contributed by atoms with E-state index < -0.39 is 11.6 Å². The Kier molecular flexibility index (Phi) is 4.81. The van der Waals surface area contributed by atoms with Gasteiger partial charge in [0.1, 0.15) is 11.5 Å². The van der Waals surface area contributed by atoms with Crippen LogP contribution < -0.4 is 14.8 Å². The predicted molar refractivity (Wildman–Crippen MR) is 101 cm³/mol. The third kappa shape index (κ3) is 3.34. The molecule has 2 aromatic carbocycles. The number of carbonyl (C=O) groups is 1. The second-order valence-electron chi connectivity index (χ2n) is 6.94. The summed E-state index contributed by atoms with van der Waals surface area (Å²) in [4.78, 5) is 11.2. The van der Waals surface area contributed by atoms with Crippen molar-refractivity contribution < 1.29 is 19.4 Å².